The van der Waals surface area contributed by atoms with E-state index in [1.807, 2.05) is 37.3 Å². The molecule has 1 aromatic heterocycles. The van der Waals surface area contributed by atoms with Crippen molar-refractivity contribution in [2.24, 2.45) is 0 Å². The Morgan fingerprint density at radius 1 is 0.923 bits per heavy atom. The number of carboxylic acids is 1. The minimum absolute atomic E-state index is 0.108. The van der Waals surface area contributed by atoms with Crippen LogP contribution in [-0.4, -0.2) is 33.8 Å². The van der Waals surface area contributed by atoms with E-state index in [4.69, 9.17) is 14.2 Å². The van der Waals surface area contributed by atoms with E-state index in [1.54, 1.807) is 24.3 Å². The SMILES string of the molecule is CCCc1c(OCCCOc2cc(O)c(-c3cc(C)ns3)cc2CC)cccc1Oc1ccccc1C(=O)O. The summed E-state index contributed by atoms with van der Waals surface area (Å²) in [6, 6.07) is 17.8. The highest BCUT2D eigenvalue weighted by atomic mass is 32.1. The van der Waals surface area contributed by atoms with E-state index in [0.717, 1.165) is 46.5 Å². The molecule has 0 aliphatic rings. The molecule has 0 bridgehead atoms. The van der Waals surface area contributed by atoms with Crippen LogP contribution in [0.5, 0.6) is 28.7 Å². The molecule has 0 atom stereocenters. The fraction of sp³-hybridized carbons (Fsp3) is 0.290. The molecule has 4 aromatic rings. The number of phenolic OH excluding ortho intramolecular Hbond substituents is 1. The van der Waals surface area contributed by atoms with Crippen molar-refractivity contribution in [1.29, 1.82) is 0 Å². The summed E-state index contributed by atoms with van der Waals surface area (Å²) < 4.78 is 22.5. The topological polar surface area (TPSA) is 98.1 Å². The van der Waals surface area contributed by atoms with Crippen LogP contribution in [0.3, 0.4) is 0 Å². The fourth-order valence-electron chi connectivity index (χ4n) is 4.26. The molecule has 1 heterocycles. The number of rotatable bonds is 13. The van der Waals surface area contributed by atoms with Gasteiger partial charge in [-0.2, -0.15) is 4.37 Å². The molecule has 0 radical (unpaired) electrons. The lowest BCUT2D eigenvalue weighted by atomic mass is 10.0. The molecule has 4 rings (SSSR count). The Balaban J connectivity index is 1.40. The summed E-state index contributed by atoms with van der Waals surface area (Å²) >= 11 is 1.37. The normalized spacial score (nSPS) is 10.8. The average molecular weight is 548 g/mol. The Kier molecular flexibility index (Phi) is 9.44. The van der Waals surface area contributed by atoms with Crippen LogP contribution >= 0.6 is 11.5 Å². The fourth-order valence-corrected chi connectivity index (χ4v) is 5.04. The molecule has 0 amide bonds. The van der Waals surface area contributed by atoms with Gasteiger partial charge in [0.2, 0.25) is 0 Å². The maximum atomic E-state index is 11.6. The number of benzene rings is 3. The van der Waals surface area contributed by atoms with Crippen LogP contribution in [0.1, 0.15) is 53.9 Å². The zero-order chi connectivity index (χ0) is 27.8. The van der Waals surface area contributed by atoms with Crippen LogP contribution in [0.2, 0.25) is 0 Å². The molecular formula is C31H33NO6S. The zero-order valence-electron chi connectivity index (χ0n) is 22.4. The summed E-state index contributed by atoms with van der Waals surface area (Å²) in [7, 11) is 0. The Labute approximate surface area is 232 Å². The molecule has 0 saturated carbocycles. The van der Waals surface area contributed by atoms with Crippen LogP contribution in [0.25, 0.3) is 10.4 Å². The number of para-hydroxylation sites is 1. The first-order valence-electron chi connectivity index (χ1n) is 13.1. The zero-order valence-corrected chi connectivity index (χ0v) is 23.2. The van der Waals surface area contributed by atoms with Crippen molar-refractivity contribution in [3.8, 4) is 39.2 Å². The highest BCUT2D eigenvalue weighted by Gasteiger charge is 2.16. The second-order valence-electron chi connectivity index (χ2n) is 9.10. The number of aromatic hydroxyl groups is 1. The number of ether oxygens (including phenoxy) is 3. The van der Waals surface area contributed by atoms with Crippen LogP contribution in [0.4, 0.5) is 0 Å². The maximum Gasteiger partial charge on any atom is 0.339 e. The third kappa shape index (κ3) is 6.89. The number of phenols is 1. The van der Waals surface area contributed by atoms with Crippen molar-refractivity contribution < 1.29 is 29.2 Å². The third-order valence-corrected chi connectivity index (χ3v) is 7.10. The first-order valence-corrected chi connectivity index (χ1v) is 13.9. The lowest BCUT2D eigenvalue weighted by molar-refractivity contribution is 0.0694. The van der Waals surface area contributed by atoms with Crippen molar-refractivity contribution in [3.05, 3.63) is 83.0 Å². The molecule has 0 saturated heterocycles. The minimum atomic E-state index is -1.04. The number of hydrogen-bond acceptors (Lipinski definition) is 7. The van der Waals surface area contributed by atoms with Gasteiger partial charge in [0.1, 0.15) is 34.3 Å². The molecule has 3 aromatic carbocycles. The van der Waals surface area contributed by atoms with Crippen LogP contribution in [-0.2, 0) is 12.8 Å². The van der Waals surface area contributed by atoms with Crippen LogP contribution in [0, 0.1) is 6.92 Å². The summed E-state index contributed by atoms with van der Waals surface area (Å²) in [5, 5.41) is 20.1. The Morgan fingerprint density at radius 2 is 1.64 bits per heavy atom. The molecule has 0 aliphatic heterocycles. The Hall–Kier alpha value is -4.04. The van der Waals surface area contributed by atoms with Crippen molar-refractivity contribution in [2.75, 3.05) is 13.2 Å². The van der Waals surface area contributed by atoms with Gasteiger partial charge in [0.05, 0.1) is 23.8 Å². The van der Waals surface area contributed by atoms with E-state index in [-0.39, 0.29) is 11.3 Å². The first-order chi connectivity index (χ1) is 18.9. The van der Waals surface area contributed by atoms with E-state index in [9.17, 15) is 15.0 Å². The minimum Gasteiger partial charge on any atom is -0.507 e. The molecule has 0 aliphatic carbocycles. The van der Waals surface area contributed by atoms with Gasteiger partial charge in [-0.15, -0.1) is 0 Å². The largest absolute Gasteiger partial charge is 0.507 e. The third-order valence-electron chi connectivity index (χ3n) is 6.18. The predicted octanol–water partition coefficient (Wildman–Crippen LogP) is 7.68. The van der Waals surface area contributed by atoms with Gasteiger partial charge in [-0.25, -0.2) is 4.79 Å². The van der Waals surface area contributed by atoms with Gasteiger partial charge < -0.3 is 24.4 Å². The molecule has 0 spiro atoms. The highest BCUT2D eigenvalue weighted by Crippen LogP contribution is 2.38. The van der Waals surface area contributed by atoms with Gasteiger partial charge in [-0.3, -0.25) is 0 Å². The lowest BCUT2D eigenvalue weighted by Gasteiger charge is -2.17. The van der Waals surface area contributed by atoms with Gasteiger partial charge in [0.25, 0.3) is 0 Å². The molecule has 8 heteroatoms. The van der Waals surface area contributed by atoms with Crippen molar-refractivity contribution >= 4 is 17.5 Å². The number of aryl methyl sites for hydroxylation is 2. The van der Waals surface area contributed by atoms with Crippen LogP contribution < -0.4 is 14.2 Å². The smallest absolute Gasteiger partial charge is 0.339 e. The van der Waals surface area contributed by atoms with Gasteiger partial charge in [-0.05, 0) is 73.3 Å². The standard InChI is InChI=1S/C31H33NO6S/c1-4-10-22-26(13-8-14-27(22)38-28-12-7-6-11-23(28)31(34)35)36-15-9-16-37-29-19-25(33)24(18-21(29)5-2)30-17-20(3)32-39-30/h6-8,11-14,17-19,33H,4-5,9-10,15-16H2,1-3H3,(H,34,35). The molecule has 0 unspecified atom stereocenters. The van der Waals surface area contributed by atoms with Crippen molar-refractivity contribution in [3.63, 3.8) is 0 Å². The average Bonchev–Trinajstić information content (AvgIpc) is 3.36. The number of hydrogen-bond donors (Lipinski definition) is 2. The summed E-state index contributed by atoms with van der Waals surface area (Å²) in [5.74, 6) is 1.38. The monoisotopic (exact) mass is 547 g/mol. The molecule has 7 nitrogen and oxygen atoms in total. The number of carbonyl (C=O) groups is 1. The van der Waals surface area contributed by atoms with E-state index in [1.165, 1.54) is 17.6 Å². The molecule has 2 N–H and O–H groups in total. The first kappa shape index (κ1) is 28.0. The Bertz CT molecular complexity index is 1430. The van der Waals surface area contributed by atoms with Gasteiger partial charge in [-0.1, -0.05) is 38.5 Å². The van der Waals surface area contributed by atoms with E-state index >= 15 is 0 Å². The molecule has 39 heavy (non-hydrogen) atoms. The lowest BCUT2D eigenvalue weighted by Crippen LogP contribution is -2.08. The molecule has 204 valence electrons. The summed E-state index contributed by atoms with van der Waals surface area (Å²) in [6.07, 6.45) is 3.01. The maximum absolute atomic E-state index is 11.6. The van der Waals surface area contributed by atoms with Gasteiger partial charge in [0.15, 0.2) is 0 Å². The van der Waals surface area contributed by atoms with Gasteiger partial charge >= 0.3 is 5.97 Å². The van der Waals surface area contributed by atoms with Crippen molar-refractivity contribution in [1.82, 2.24) is 4.37 Å². The quantitative estimate of drug-likeness (QED) is 0.166. The number of carboxylic acid groups (broad SMARTS) is 1. The number of nitrogens with zero attached hydrogens (tertiary/aromatic N) is 1. The second-order valence-corrected chi connectivity index (χ2v) is 9.90. The molecular weight excluding hydrogens is 514 g/mol. The highest BCUT2D eigenvalue weighted by molar-refractivity contribution is 7.09. The van der Waals surface area contributed by atoms with Gasteiger partial charge in [0, 0.05) is 23.6 Å². The van der Waals surface area contributed by atoms with Crippen LogP contribution in [0.15, 0.2) is 60.7 Å². The second kappa shape index (κ2) is 13.2. The van der Waals surface area contributed by atoms with E-state index in [0.29, 0.717) is 42.6 Å². The predicted molar refractivity (Wildman–Crippen MR) is 153 cm³/mol. The summed E-state index contributed by atoms with van der Waals surface area (Å²) in [5.41, 5.74) is 3.72. The number of aromatic nitrogens is 1. The van der Waals surface area contributed by atoms with Crippen molar-refractivity contribution in [2.45, 2.75) is 46.5 Å². The van der Waals surface area contributed by atoms with E-state index in [2.05, 4.69) is 18.2 Å². The molecule has 0 fully saturated rings. The van der Waals surface area contributed by atoms with E-state index < -0.39 is 5.97 Å². The summed E-state index contributed by atoms with van der Waals surface area (Å²) in [4.78, 5) is 12.5. The number of aromatic carboxylic acids is 1. The Morgan fingerprint density at radius 3 is 2.33 bits per heavy atom. The summed E-state index contributed by atoms with van der Waals surface area (Å²) in [6.45, 7) is 6.92.